The lowest BCUT2D eigenvalue weighted by molar-refractivity contribution is -0.203. The maximum atomic E-state index is 14.6. The molecule has 0 amide bonds. The van der Waals surface area contributed by atoms with Gasteiger partial charge in [0.2, 0.25) is 0 Å². The molecule has 4 fully saturated rings. The average Bonchev–Trinajstić information content (AvgIpc) is 2.96. The molecule has 1 aromatic carbocycles. The lowest BCUT2D eigenvalue weighted by Gasteiger charge is -2.70. The maximum absolute atomic E-state index is 14.6. The molecule has 7 nitrogen and oxygen atoms in total. The van der Waals surface area contributed by atoms with Crippen LogP contribution < -0.4 is 0 Å². The number of aliphatic carboxylic acids is 2. The first-order valence-electron chi connectivity index (χ1n) is 16.5. The molecule has 6 rings (SSSR count). The fraction of sp³-hybridized carbons (Fsp3) is 0.676. The second-order valence-electron chi connectivity index (χ2n) is 16.4. The van der Waals surface area contributed by atoms with E-state index >= 15 is 0 Å². The standard InChI is InChI=1S/C37H48O7/c1-32-17-19-35(4,31(42)43)28(44-29(39)22-11-8-7-9-12-22)26(32)23-21-24(38)27-33(2)14-10-15-34(3,30(40)41)25(33)13-16-37(27,6)36(23,5)20-18-32/h7-9,11-12,21,25-28H,10,13-20H2,1-6H3,(H,40,41)(H,42,43). The predicted octanol–water partition coefficient (Wildman–Crippen LogP) is 7.34. The van der Waals surface area contributed by atoms with E-state index in [4.69, 9.17) is 4.74 Å². The van der Waals surface area contributed by atoms with Crippen LogP contribution in [-0.4, -0.2) is 40.0 Å². The van der Waals surface area contributed by atoms with E-state index in [1.807, 2.05) is 19.1 Å². The first-order valence-corrected chi connectivity index (χ1v) is 16.5. The predicted molar refractivity (Wildman–Crippen MR) is 165 cm³/mol. The topological polar surface area (TPSA) is 118 Å². The van der Waals surface area contributed by atoms with Crippen LogP contribution in [0.1, 0.15) is 110 Å². The summed E-state index contributed by atoms with van der Waals surface area (Å²) in [6.07, 6.45) is 7.30. The number of ether oxygens (including phenoxy) is 1. The van der Waals surface area contributed by atoms with Crippen molar-refractivity contribution >= 4 is 23.7 Å². The number of esters is 1. The Kier molecular flexibility index (Phi) is 6.89. The van der Waals surface area contributed by atoms with Crippen LogP contribution in [0, 0.1) is 50.2 Å². The third-order valence-corrected chi connectivity index (χ3v) is 14.4. The van der Waals surface area contributed by atoms with Gasteiger partial charge in [-0.1, -0.05) is 57.9 Å². The van der Waals surface area contributed by atoms with Crippen molar-refractivity contribution in [2.45, 2.75) is 105 Å². The molecule has 0 aliphatic heterocycles. The van der Waals surface area contributed by atoms with Gasteiger partial charge in [0.25, 0.3) is 0 Å². The molecule has 44 heavy (non-hydrogen) atoms. The Morgan fingerprint density at radius 1 is 0.795 bits per heavy atom. The van der Waals surface area contributed by atoms with Crippen LogP contribution in [0.15, 0.2) is 42.0 Å². The number of benzene rings is 1. The number of allylic oxidation sites excluding steroid dienone is 1. The summed E-state index contributed by atoms with van der Waals surface area (Å²) in [5.41, 5.74) is -2.54. The van der Waals surface area contributed by atoms with E-state index in [1.54, 1.807) is 31.2 Å². The Morgan fingerprint density at radius 2 is 1.43 bits per heavy atom. The van der Waals surface area contributed by atoms with Gasteiger partial charge in [0.1, 0.15) is 11.5 Å². The Balaban J connectivity index is 1.49. The number of hydrogen-bond acceptors (Lipinski definition) is 5. The molecular weight excluding hydrogens is 556 g/mol. The summed E-state index contributed by atoms with van der Waals surface area (Å²) < 4.78 is 6.31. The average molecular weight is 605 g/mol. The van der Waals surface area contributed by atoms with Gasteiger partial charge in [-0.2, -0.15) is 0 Å². The van der Waals surface area contributed by atoms with Crippen molar-refractivity contribution in [1.29, 1.82) is 0 Å². The summed E-state index contributed by atoms with van der Waals surface area (Å²) >= 11 is 0. The number of carbonyl (C=O) groups excluding carboxylic acids is 2. The fourth-order valence-electron chi connectivity index (χ4n) is 11.4. The Bertz CT molecular complexity index is 1450. The molecule has 238 valence electrons. The number of fused-ring (bicyclic) bond motifs is 7. The molecule has 5 aliphatic carbocycles. The van der Waals surface area contributed by atoms with E-state index in [1.165, 1.54) is 0 Å². The van der Waals surface area contributed by atoms with Gasteiger partial charge >= 0.3 is 17.9 Å². The van der Waals surface area contributed by atoms with Crippen molar-refractivity contribution in [3.05, 3.63) is 47.5 Å². The van der Waals surface area contributed by atoms with Gasteiger partial charge in [0, 0.05) is 11.8 Å². The van der Waals surface area contributed by atoms with E-state index in [0.717, 1.165) is 44.1 Å². The van der Waals surface area contributed by atoms with E-state index in [9.17, 15) is 29.4 Å². The molecule has 10 atom stereocenters. The minimum Gasteiger partial charge on any atom is -0.481 e. The van der Waals surface area contributed by atoms with Crippen molar-refractivity contribution in [3.8, 4) is 0 Å². The van der Waals surface area contributed by atoms with E-state index in [-0.39, 0.29) is 23.0 Å². The molecule has 0 saturated heterocycles. The first-order chi connectivity index (χ1) is 20.5. The maximum Gasteiger partial charge on any atom is 0.338 e. The molecule has 10 unspecified atom stereocenters. The molecule has 4 saturated carbocycles. The lowest BCUT2D eigenvalue weighted by atomic mass is 9.33. The van der Waals surface area contributed by atoms with Crippen molar-refractivity contribution in [2.75, 3.05) is 0 Å². The molecule has 5 aliphatic rings. The molecule has 0 heterocycles. The molecule has 7 heteroatoms. The number of rotatable bonds is 4. The first kappa shape index (κ1) is 31.0. The summed E-state index contributed by atoms with van der Waals surface area (Å²) in [6, 6.07) is 8.69. The monoisotopic (exact) mass is 604 g/mol. The Hall–Kier alpha value is -2.96. The number of carboxylic acids is 2. The molecule has 2 N–H and O–H groups in total. The van der Waals surface area contributed by atoms with Gasteiger partial charge in [-0.3, -0.25) is 14.4 Å². The summed E-state index contributed by atoms with van der Waals surface area (Å²) in [4.78, 5) is 53.8. The van der Waals surface area contributed by atoms with Gasteiger partial charge in [-0.15, -0.1) is 0 Å². The molecule has 0 bridgehead atoms. The summed E-state index contributed by atoms with van der Waals surface area (Å²) in [7, 11) is 0. The zero-order chi connectivity index (χ0) is 32.1. The number of ketones is 1. The third-order valence-electron chi connectivity index (χ3n) is 14.4. The normalized spacial score (nSPS) is 46.3. The van der Waals surface area contributed by atoms with Gasteiger partial charge < -0.3 is 14.9 Å². The summed E-state index contributed by atoms with van der Waals surface area (Å²) in [5, 5.41) is 21.0. The van der Waals surface area contributed by atoms with Gasteiger partial charge in [-0.25, -0.2) is 4.79 Å². The van der Waals surface area contributed by atoms with Crippen LogP contribution in [0.2, 0.25) is 0 Å². The van der Waals surface area contributed by atoms with Crippen molar-refractivity contribution in [2.24, 2.45) is 50.2 Å². The van der Waals surface area contributed by atoms with Crippen LogP contribution >= 0.6 is 0 Å². The van der Waals surface area contributed by atoms with E-state index < -0.39 is 57.0 Å². The number of hydrogen-bond donors (Lipinski definition) is 2. The molecular formula is C37H48O7. The van der Waals surface area contributed by atoms with Gasteiger partial charge in [0.05, 0.1) is 11.0 Å². The third kappa shape index (κ3) is 3.92. The number of carbonyl (C=O) groups is 4. The van der Waals surface area contributed by atoms with Crippen LogP contribution in [-0.2, 0) is 19.1 Å². The quantitative estimate of drug-likeness (QED) is 0.345. The molecule has 1 aromatic rings. The molecule has 0 aromatic heterocycles. The molecule has 0 radical (unpaired) electrons. The van der Waals surface area contributed by atoms with Gasteiger partial charge in [-0.05, 0) is 111 Å². The Labute approximate surface area is 260 Å². The highest BCUT2D eigenvalue weighted by Crippen LogP contribution is 2.75. The second kappa shape index (κ2) is 9.77. The summed E-state index contributed by atoms with van der Waals surface area (Å²) in [6.45, 7) is 12.4. The zero-order valence-electron chi connectivity index (χ0n) is 27.1. The highest BCUT2D eigenvalue weighted by molar-refractivity contribution is 5.96. The second-order valence-corrected chi connectivity index (χ2v) is 16.4. The minimum atomic E-state index is -1.31. The van der Waals surface area contributed by atoms with Crippen LogP contribution in [0.3, 0.4) is 0 Å². The smallest absolute Gasteiger partial charge is 0.338 e. The van der Waals surface area contributed by atoms with Crippen molar-refractivity contribution < 1.29 is 34.1 Å². The fourth-order valence-corrected chi connectivity index (χ4v) is 11.4. The SMILES string of the molecule is CC12CCC(C)(C(=O)O)C(OC(=O)c3ccccc3)C1C1=CC(=O)C3C4(C)CCCC(C)(C(=O)O)C4CCC3(C)C1(C)CC2. The molecule has 0 spiro atoms. The van der Waals surface area contributed by atoms with Crippen LogP contribution in [0.25, 0.3) is 0 Å². The largest absolute Gasteiger partial charge is 0.481 e. The number of carboxylic acid groups (broad SMARTS) is 2. The van der Waals surface area contributed by atoms with Gasteiger partial charge in [0.15, 0.2) is 5.78 Å². The van der Waals surface area contributed by atoms with Crippen LogP contribution in [0.4, 0.5) is 0 Å². The Morgan fingerprint density at radius 3 is 2.07 bits per heavy atom. The van der Waals surface area contributed by atoms with E-state index in [0.29, 0.717) is 24.8 Å². The highest BCUT2D eigenvalue weighted by Gasteiger charge is 2.72. The van der Waals surface area contributed by atoms with Crippen LogP contribution in [0.5, 0.6) is 0 Å². The van der Waals surface area contributed by atoms with Crippen molar-refractivity contribution in [3.63, 3.8) is 0 Å². The zero-order valence-corrected chi connectivity index (χ0v) is 27.1. The highest BCUT2D eigenvalue weighted by atomic mass is 16.5. The van der Waals surface area contributed by atoms with Crippen molar-refractivity contribution in [1.82, 2.24) is 0 Å². The minimum absolute atomic E-state index is 0.0294. The van der Waals surface area contributed by atoms with E-state index in [2.05, 4.69) is 27.7 Å². The lowest BCUT2D eigenvalue weighted by Crippen LogP contribution is -2.67. The summed E-state index contributed by atoms with van der Waals surface area (Å²) in [5.74, 6) is -3.13.